The molecule has 0 saturated carbocycles. The van der Waals surface area contributed by atoms with E-state index in [1.807, 2.05) is 7.05 Å². The summed E-state index contributed by atoms with van der Waals surface area (Å²) in [5.74, 6) is 0.883. The second kappa shape index (κ2) is 8.48. The van der Waals surface area contributed by atoms with Crippen LogP contribution in [0.1, 0.15) is 44.3 Å². The number of piperidine rings is 1. The van der Waals surface area contributed by atoms with Crippen molar-refractivity contribution >= 4 is 17.3 Å². The predicted octanol–water partition coefficient (Wildman–Crippen LogP) is 2.24. The first-order chi connectivity index (χ1) is 10.6. The minimum absolute atomic E-state index is 0.517. The molecule has 1 aromatic rings. The number of nitrogens with one attached hydrogen (secondary N) is 2. The minimum atomic E-state index is 0.517. The first-order valence-corrected chi connectivity index (χ1v) is 9.14. The van der Waals surface area contributed by atoms with E-state index in [1.54, 1.807) is 11.3 Å². The summed E-state index contributed by atoms with van der Waals surface area (Å²) in [6.45, 7) is 9.75. The van der Waals surface area contributed by atoms with Crippen molar-refractivity contribution in [3.8, 4) is 0 Å². The summed E-state index contributed by atoms with van der Waals surface area (Å²) < 4.78 is 0. The molecular formula is C16H29N5S. The fourth-order valence-electron chi connectivity index (χ4n) is 2.71. The number of aliphatic imine (C=N–C) groups is 1. The van der Waals surface area contributed by atoms with E-state index in [2.05, 4.69) is 51.7 Å². The Morgan fingerprint density at radius 2 is 2.18 bits per heavy atom. The molecule has 0 spiro atoms. The Morgan fingerprint density at radius 3 is 2.73 bits per heavy atom. The summed E-state index contributed by atoms with van der Waals surface area (Å²) in [7, 11) is 1.83. The van der Waals surface area contributed by atoms with Crippen LogP contribution in [0.5, 0.6) is 0 Å². The average molecular weight is 324 g/mol. The number of likely N-dealkylation sites (tertiary alicyclic amines) is 1. The highest BCUT2D eigenvalue weighted by Crippen LogP contribution is 2.13. The maximum Gasteiger partial charge on any atom is 0.191 e. The van der Waals surface area contributed by atoms with Crippen LogP contribution in [0.3, 0.4) is 0 Å². The summed E-state index contributed by atoms with van der Waals surface area (Å²) in [4.78, 5) is 11.5. The topological polar surface area (TPSA) is 52.6 Å². The molecule has 0 aromatic carbocycles. The highest BCUT2D eigenvalue weighted by atomic mass is 32.1. The van der Waals surface area contributed by atoms with E-state index in [0.29, 0.717) is 12.1 Å². The van der Waals surface area contributed by atoms with Crippen molar-refractivity contribution in [3.63, 3.8) is 0 Å². The molecule has 0 bridgehead atoms. The number of nitrogens with zero attached hydrogens (tertiary/aromatic N) is 3. The number of rotatable bonds is 5. The summed E-state index contributed by atoms with van der Waals surface area (Å²) in [6.07, 6.45) is 3.36. The molecule has 0 unspecified atom stereocenters. The Morgan fingerprint density at radius 1 is 1.45 bits per heavy atom. The third-order valence-electron chi connectivity index (χ3n) is 4.16. The zero-order chi connectivity index (χ0) is 15.9. The van der Waals surface area contributed by atoms with Gasteiger partial charge in [0.25, 0.3) is 0 Å². The van der Waals surface area contributed by atoms with Crippen LogP contribution < -0.4 is 10.6 Å². The first kappa shape index (κ1) is 17.2. The molecule has 1 aliphatic heterocycles. The van der Waals surface area contributed by atoms with Crippen molar-refractivity contribution in [2.45, 2.75) is 58.7 Å². The lowest BCUT2D eigenvalue weighted by molar-refractivity contribution is 0.167. The van der Waals surface area contributed by atoms with Crippen LogP contribution in [0.25, 0.3) is 0 Å². The van der Waals surface area contributed by atoms with Crippen LogP contribution in [-0.4, -0.2) is 48.1 Å². The largest absolute Gasteiger partial charge is 0.354 e. The van der Waals surface area contributed by atoms with Gasteiger partial charge in [0, 0.05) is 37.6 Å². The van der Waals surface area contributed by atoms with Gasteiger partial charge in [-0.15, -0.1) is 11.3 Å². The number of aryl methyl sites for hydroxylation is 1. The fourth-order valence-corrected chi connectivity index (χ4v) is 3.46. The summed E-state index contributed by atoms with van der Waals surface area (Å²) in [5.41, 5.74) is 1.10. The van der Waals surface area contributed by atoms with Gasteiger partial charge in [0.1, 0.15) is 0 Å². The summed E-state index contributed by atoms with van der Waals surface area (Å²) in [6, 6.07) is 1.17. The van der Waals surface area contributed by atoms with Crippen molar-refractivity contribution < 1.29 is 0 Å². The maximum absolute atomic E-state index is 4.58. The molecule has 0 amide bonds. The van der Waals surface area contributed by atoms with Crippen molar-refractivity contribution in [2.24, 2.45) is 4.99 Å². The standard InChI is InChI=1S/C16H29N5S/c1-5-15-19-14(11-22-15)10-18-16(17-4)20-13-6-8-21(9-7-13)12(2)3/h11-13H,5-10H2,1-4H3,(H2,17,18,20). The predicted molar refractivity (Wildman–Crippen MR) is 94.6 cm³/mol. The number of hydrogen-bond acceptors (Lipinski definition) is 4. The van der Waals surface area contributed by atoms with Gasteiger partial charge in [0.15, 0.2) is 5.96 Å². The lowest BCUT2D eigenvalue weighted by atomic mass is 10.0. The molecule has 124 valence electrons. The van der Waals surface area contributed by atoms with Crippen LogP contribution in [0, 0.1) is 0 Å². The SMILES string of the molecule is CCc1nc(CNC(=NC)NC2CCN(C(C)C)CC2)cs1. The molecule has 2 heterocycles. The Bertz CT molecular complexity index is 475. The molecule has 1 saturated heterocycles. The smallest absolute Gasteiger partial charge is 0.191 e. The molecule has 1 fully saturated rings. The maximum atomic E-state index is 4.58. The lowest BCUT2D eigenvalue weighted by Gasteiger charge is -2.35. The number of thiazole rings is 1. The van der Waals surface area contributed by atoms with Crippen molar-refractivity contribution in [3.05, 3.63) is 16.1 Å². The van der Waals surface area contributed by atoms with Crippen molar-refractivity contribution in [2.75, 3.05) is 20.1 Å². The van der Waals surface area contributed by atoms with E-state index in [0.717, 1.165) is 37.7 Å². The molecule has 0 aliphatic carbocycles. The van der Waals surface area contributed by atoms with Crippen molar-refractivity contribution in [1.82, 2.24) is 20.5 Å². The normalized spacial score (nSPS) is 18.0. The van der Waals surface area contributed by atoms with E-state index >= 15 is 0 Å². The van der Waals surface area contributed by atoms with E-state index in [-0.39, 0.29) is 0 Å². The minimum Gasteiger partial charge on any atom is -0.354 e. The van der Waals surface area contributed by atoms with E-state index < -0.39 is 0 Å². The zero-order valence-corrected chi connectivity index (χ0v) is 15.0. The number of hydrogen-bond donors (Lipinski definition) is 2. The van der Waals surface area contributed by atoms with Gasteiger partial charge in [0.2, 0.25) is 0 Å². The highest BCUT2D eigenvalue weighted by Gasteiger charge is 2.21. The van der Waals surface area contributed by atoms with E-state index in [4.69, 9.17) is 0 Å². The van der Waals surface area contributed by atoms with Crippen LogP contribution >= 0.6 is 11.3 Å². The van der Waals surface area contributed by atoms with Crippen LogP contribution in [0.2, 0.25) is 0 Å². The third-order valence-corrected chi connectivity index (χ3v) is 5.20. The van der Waals surface area contributed by atoms with Gasteiger partial charge in [-0.25, -0.2) is 4.98 Å². The quantitative estimate of drug-likeness (QED) is 0.644. The second-order valence-corrected chi connectivity index (χ2v) is 7.00. The molecule has 2 N–H and O–H groups in total. The third kappa shape index (κ3) is 4.95. The van der Waals surface area contributed by atoms with Crippen LogP contribution in [-0.2, 0) is 13.0 Å². The Labute approximate surface area is 138 Å². The van der Waals surface area contributed by atoms with Crippen molar-refractivity contribution in [1.29, 1.82) is 0 Å². The molecule has 2 rings (SSSR count). The van der Waals surface area contributed by atoms with Gasteiger partial charge in [-0.3, -0.25) is 4.99 Å². The van der Waals surface area contributed by atoms with E-state index in [9.17, 15) is 0 Å². The molecular weight excluding hydrogens is 294 g/mol. The van der Waals surface area contributed by atoms with Gasteiger partial charge >= 0.3 is 0 Å². The van der Waals surface area contributed by atoms with Gasteiger partial charge in [-0.1, -0.05) is 6.92 Å². The monoisotopic (exact) mass is 323 g/mol. The Balaban J connectivity index is 1.76. The van der Waals surface area contributed by atoms with Gasteiger partial charge in [-0.2, -0.15) is 0 Å². The van der Waals surface area contributed by atoms with Gasteiger partial charge < -0.3 is 15.5 Å². The molecule has 6 heteroatoms. The molecule has 22 heavy (non-hydrogen) atoms. The highest BCUT2D eigenvalue weighted by molar-refractivity contribution is 7.09. The van der Waals surface area contributed by atoms with Gasteiger partial charge in [-0.05, 0) is 33.1 Å². The molecule has 5 nitrogen and oxygen atoms in total. The zero-order valence-electron chi connectivity index (χ0n) is 14.2. The van der Waals surface area contributed by atoms with Gasteiger partial charge in [0.05, 0.1) is 17.2 Å². The molecule has 0 radical (unpaired) electrons. The Kier molecular flexibility index (Phi) is 6.64. The van der Waals surface area contributed by atoms with Crippen LogP contribution in [0.15, 0.2) is 10.4 Å². The second-order valence-electron chi connectivity index (χ2n) is 6.06. The molecule has 1 aliphatic rings. The number of aromatic nitrogens is 1. The van der Waals surface area contributed by atoms with E-state index in [1.165, 1.54) is 17.8 Å². The molecule has 1 aromatic heterocycles. The number of guanidine groups is 1. The first-order valence-electron chi connectivity index (χ1n) is 8.26. The fraction of sp³-hybridized carbons (Fsp3) is 0.750. The summed E-state index contributed by atoms with van der Waals surface area (Å²) in [5, 5.41) is 10.2. The Hall–Kier alpha value is -1.14. The van der Waals surface area contributed by atoms with Crippen LogP contribution in [0.4, 0.5) is 0 Å². The lowest BCUT2D eigenvalue weighted by Crippen LogP contribution is -2.49. The average Bonchev–Trinajstić information content (AvgIpc) is 3.00. The molecule has 0 atom stereocenters. The summed E-state index contributed by atoms with van der Waals surface area (Å²) >= 11 is 1.73.